The van der Waals surface area contributed by atoms with Crippen LogP contribution in [-0.2, 0) is 22.6 Å². The number of nitrogens with zero attached hydrogens (tertiary/aromatic N) is 1. The topological polar surface area (TPSA) is 142 Å². The van der Waals surface area contributed by atoms with E-state index in [9.17, 15) is 19.2 Å². The van der Waals surface area contributed by atoms with Gasteiger partial charge in [-0.25, -0.2) is 4.98 Å². The van der Waals surface area contributed by atoms with Gasteiger partial charge in [-0.05, 0) is 48.4 Å². The Morgan fingerprint density at radius 1 is 1.28 bits per heavy atom. The Bertz CT molecular complexity index is 1480. The number of nitrogens with one attached hydrogen (secondary N) is 4. The maximum Gasteiger partial charge on any atom is 0.287 e. The molecule has 3 amide bonds. The van der Waals surface area contributed by atoms with Gasteiger partial charge in [0.15, 0.2) is 6.61 Å². The number of ether oxygens (including phenoxy) is 1. The fourth-order valence-corrected chi connectivity index (χ4v) is 5.91. The summed E-state index contributed by atoms with van der Waals surface area (Å²) in [5, 5.41) is 8.61. The standard InChI is InChI=1S/C25H23N5O5S/c1-2-8-26-18(31)10-14-4-3-5-17-20(14)21-23(33)29-22(30-25(21)36-17)24(34)27-11-13-6-7-16-15(9-13)28-19(32)12-35-16/h1,6-7,9,14H,3-5,8,10-12H2,(H,26,31)(H,27,34)(H,28,32)(H,29,30,33). The highest BCUT2D eigenvalue weighted by molar-refractivity contribution is 7.18. The van der Waals surface area contributed by atoms with Crippen LogP contribution in [0, 0.1) is 12.3 Å². The first kappa shape index (κ1) is 23.6. The quantitative estimate of drug-likeness (QED) is 0.377. The monoisotopic (exact) mass is 505 g/mol. The molecule has 2 aromatic heterocycles. The smallest absolute Gasteiger partial charge is 0.287 e. The van der Waals surface area contributed by atoms with E-state index in [1.807, 2.05) is 0 Å². The van der Waals surface area contributed by atoms with Gasteiger partial charge in [0.05, 0.1) is 17.6 Å². The van der Waals surface area contributed by atoms with Crippen LogP contribution in [0.3, 0.4) is 0 Å². The van der Waals surface area contributed by atoms with Gasteiger partial charge in [0.2, 0.25) is 11.7 Å². The molecule has 36 heavy (non-hydrogen) atoms. The average molecular weight is 506 g/mol. The number of amides is 3. The molecular weight excluding hydrogens is 482 g/mol. The van der Waals surface area contributed by atoms with Crippen LogP contribution >= 0.6 is 11.3 Å². The van der Waals surface area contributed by atoms with Gasteiger partial charge in [-0.2, -0.15) is 0 Å². The maximum absolute atomic E-state index is 13.1. The molecule has 1 unspecified atom stereocenters. The molecule has 0 spiro atoms. The number of hydrogen-bond acceptors (Lipinski definition) is 7. The lowest BCUT2D eigenvalue weighted by Gasteiger charge is -2.22. The zero-order chi connectivity index (χ0) is 25.2. The SMILES string of the molecule is C#CCNC(=O)CC1CCCc2sc3nc(C(=O)NCc4ccc5c(c4)NC(=O)CO5)[nH]c(=O)c3c21. The van der Waals surface area contributed by atoms with E-state index in [0.717, 1.165) is 35.3 Å². The van der Waals surface area contributed by atoms with Crippen LogP contribution in [0.1, 0.15) is 51.8 Å². The predicted molar refractivity (Wildman–Crippen MR) is 134 cm³/mol. The highest BCUT2D eigenvalue weighted by Gasteiger charge is 2.29. The molecule has 0 radical (unpaired) electrons. The third kappa shape index (κ3) is 4.67. The molecule has 0 saturated carbocycles. The molecule has 3 heterocycles. The lowest BCUT2D eigenvalue weighted by atomic mass is 9.84. The zero-order valence-electron chi connectivity index (χ0n) is 19.2. The van der Waals surface area contributed by atoms with Gasteiger partial charge in [-0.1, -0.05) is 12.0 Å². The number of fused-ring (bicyclic) bond motifs is 4. The summed E-state index contributed by atoms with van der Waals surface area (Å²) in [5.74, 6) is 1.85. The number of thiophene rings is 1. The van der Waals surface area contributed by atoms with Crippen LogP contribution in [0.2, 0.25) is 0 Å². The third-order valence-corrected chi connectivity index (χ3v) is 7.36. The number of aryl methyl sites for hydroxylation is 1. The molecule has 1 aliphatic carbocycles. The van der Waals surface area contributed by atoms with E-state index in [-0.39, 0.29) is 49.7 Å². The second-order valence-electron chi connectivity index (χ2n) is 8.66. The summed E-state index contributed by atoms with van der Waals surface area (Å²) in [4.78, 5) is 58.2. The van der Waals surface area contributed by atoms with E-state index in [4.69, 9.17) is 11.2 Å². The summed E-state index contributed by atoms with van der Waals surface area (Å²) in [5.41, 5.74) is 1.75. The summed E-state index contributed by atoms with van der Waals surface area (Å²) >= 11 is 1.40. The molecule has 4 N–H and O–H groups in total. The van der Waals surface area contributed by atoms with E-state index >= 15 is 0 Å². The number of aromatic amines is 1. The summed E-state index contributed by atoms with van der Waals surface area (Å²) in [6.45, 7) is 0.299. The number of carbonyl (C=O) groups is 3. The van der Waals surface area contributed by atoms with Crippen molar-refractivity contribution in [3.05, 3.63) is 50.4 Å². The molecule has 5 rings (SSSR count). The van der Waals surface area contributed by atoms with Gasteiger partial charge in [-0.15, -0.1) is 17.8 Å². The van der Waals surface area contributed by atoms with Crippen molar-refractivity contribution in [2.75, 3.05) is 18.5 Å². The summed E-state index contributed by atoms with van der Waals surface area (Å²) < 4.78 is 5.34. The number of rotatable bonds is 6. The highest BCUT2D eigenvalue weighted by Crippen LogP contribution is 2.41. The van der Waals surface area contributed by atoms with Crippen molar-refractivity contribution in [2.45, 2.75) is 38.1 Å². The van der Waals surface area contributed by atoms with E-state index in [1.54, 1.807) is 18.2 Å². The normalized spacial score (nSPS) is 16.2. The van der Waals surface area contributed by atoms with Crippen molar-refractivity contribution in [1.29, 1.82) is 0 Å². The Morgan fingerprint density at radius 2 is 2.14 bits per heavy atom. The zero-order valence-corrected chi connectivity index (χ0v) is 20.0. The van der Waals surface area contributed by atoms with Crippen LogP contribution in [0.4, 0.5) is 5.69 Å². The molecule has 0 saturated heterocycles. The van der Waals surface area contributed by atoms with Crippen molar-refractivity contribution in [3.63, 3.8) is 0 Å². The number of aromatic nitrogens is 2. The van der Waals surface area contributed by atoms with Gasteiger partial charge in [0.1, 0.15) is 10.6 Å². The van der Waals surface area contributed by atoms with Gasteiger partial charge in [0.25, 0.3) is 17.4 Å². The number of H-pyrrole nitrogens is 1. The summed E-state index contributed by atoms with van der Waals surface area (Å²) in [6.07, 6.45) is 7.96. The Kier molecular flexibility index (Phi) is 6.43. The number of hydrogen-bond donors (Lipinski definition) is 4. The van der Waals surface area contributed by atoms with E-state index in [1.165, 1.54) is 11.3 Å². The number of benzene rings is 1. The van der Waals surface area contributed by atoms with Gasteiger partial charge >= 0.3 is 0 Å². The minimum Gasteiger partial charge on any atom is -0.482 e. The second-order valence-corrected chi connectivity index (χ2v) is 9.74. The molecule has 0 bridgehead atoms. The molecule has 11 heteroatoms. The van der Waals surface area contributed by atoms with Crippen molar-refractivity contribution in [3.8, 4) is 18.1 Å². The van der Waals surface area contributed by atoms with Gasteiger partial charge < -0.3 is 25.7 Å². The molecule has 184 valence electrons. The fraction of sp³-hybridized carbons (Fsp3) is 0.320. The van der Waals surface area contributed by atoms with E-state index < -0.39 is 11.5 Å². The highest BCUT2D eigenvalue weighted by atomic mass is 32.1. The van der Waals surface area contributed by atoms with Crippen molar-refractivity contribution in [2.24, 2.45) is 0 Å². The summed E-state index contributed by atoms with van der Waals surface area (Å²) in [6, 6.07) is 5.23. The molecule has 0 fully saturated rings. The van der Waals surface area contributed by atoms with Gasteiger partial charge in [0, 0.05) is 17.8 Å². The second kappa shape index (κ2) is 9.83. The minimum atomic E-state index is -0.524. The average Bonchev–Trinajstić information content (AvgIpc) is 3.25. The number of anilines is 1. The molecule has 10 nitrogen and oxygen atoms in total. The van der Waals surface area contributed by atoms with Gasteiger partial charge in [-0.3, -0.25) is 19.2 Å². The molecule has 1 aromatic carbocycles. The van der Waals surface area contributed by atoms with Crippen molar-refractivity contribution >= 4 is 45.0 Å². The third-order valence-electron chi connectivity index (χ3n) is 6.20. The number of terminal acetylenes is 1. The first-order valence-corrected chi connectivity index (χ1v) is 12.3. The van der Waals surface area contributed by atoms with Crippen LogP contribution in [0.15, 0.2) is 23.0 Å². The molecular formula is C25H23N5O5S. The largest absolute Gasteiger partial charge is 0.482 e. The van der Waals surface area contributed by atoms with Crippen LogP contribution < -0.4 is 26.2 Å². The maximum atomic E-state index is 13.1. The molecule has 2 aliphatic rings. The minimum absolute atomic E-state index is 0.0313. The lowest BCUT2D eigenvalue weighted by Crippen LogP contribution is -2.28. The molecule has 1 atom stereocenters. The van der Waals surface area contributed by atoms with E-state index in [0.29, 0.717) is 21.7 Å². The van der Waals surface area contributed by atoms with Crippen LogP contribution in [0.25, 0.3) is 10.2 Å². The summed E-state index contributed by atoms with van der Waals surface area (Å²) in [7, 11) is 0. The van der Waals surface area contributed by atoms with E-state index in [2.05, 4.69) is 31.8 Å². The van der Waals surface area contributed by atoms with Crippen LogP contribution in [-0.4, -0.2) is 40.8 Å². The molecule has 3 aromatic rings. The predicted octanol–water partition coefficient (Wildman–Crippen LogP) is 1.80. The number of carbonyl (C=O) groups excluding carboxylic acids is 3. The Hall–Kier alpha value is -4.17. The molecule has 1 aliphatic heterocycles. The van der Waals surface area contributed by atoms with Crippen molar-refractivity contribution < 1.29 is 19.1 Å². The van der Waals surface area contributed by atoms with Crippen molar-refractivity contribution in [1.82, 2.24) is 20.6 Å². The lowest BCUT2D eigenvalue weighted by molar-refractivity contribution is -0.121. The Balaban J connectivity index is 1.35. The fourth-order valence-electron chi connectivity index (χ4n) is 4.61. The Morgan fingerprint density at radius 3 is 2.97 bits per heavy atom. The first-order chi connectivity index (χ1) is 17.4. The first-order valence-electron chi connectivity index (χ1n) is 11.5. The van der Waals surface area contributed by atoms with Crippen LogP contribution in [0.5, 0.6) is 5.75 Å². The Labute approximate surface area is 209 Å².